The summed E-state index contributed by atoms with van der Waals surface area (Å²) in [5.74, 6) is 2.56. The molecule has 1 saturated carbocycles. The molecule has 0 bridgehead atoms. The van der Waals surface area contributed by atoms with Crippen molar-refractivity contribution in [3.05, 3.63) is 59.7 Å². The van der Waals surface area contributed by atoms with E-state index in [9.17, 15) is 0 Å². The number of hydrogen-bond donors (Lipinski definition) is 0. The van der Waals surface area contributed by atoms with E-state index >= 15 is 0 Å². The lowest BCUT2D eigenvalue weighted by atomic mass is 9.90. The Bertz CT molecular complexity index is 786. The predicted molar refractivity (Wildman–Crippen MR) is 134 cm³/mol. The second-order valence-electron chi connectivity index (χ2n) is 9.11. The van der Waals surface area contributed by atoms with Crippen LogP contribution in [0, 0.1) is 5.92 Å². The minimum atomic E-state index is -0.168. The average molecular weight is 455 g/mol. The molecule has 2 aromatic rings. The normalized spacial score (nSPS) is 21.9. The van der Waals surface area contributed by atoms with E-state index in [2.05, 4.69) is 57.2 Å². The second kappa shape index (κ2) is 13.6. The number of rotatable bonds is 11. The zero-order valence-electron chi connectivity index (χ0n) is 20.9. The van der Waals surface area contributed by atoms with E-state index in [1.54, 1.807) is 0 Å². The molecule has 0 radical (unpaired) electrons. The van der Waals surface area contributed by atoms with E-state index in [4.69, 9.17) is 18.9 Å². The lowest BCUT2D eigenvalue weighted by molar-refractivity contribution is -0.0673. The van der Waals surface area contributed by atoms with Crippen LogP contribution in [0.5, 0.6) is 11.5 Å². The van der Waals surface area contributed by atoms with Crippen molar-refractivity contribution in [3.63, 3.8) is 0 Å². The molecule has 0 N–H and O–H groups in total. The van der Waals surface area contributed by atoms with Crippen molar-refractivity contribution in [1.82, 2.24) is 0 Å². The van der Waals surface area contributed by atoms with Crippen LogP contribution in [0.1, 0.15) is 70.9 Å². The smallest absolute Gasteiger partial charge is 0.196 e. The van der Waals surface area contributed by atoms with E-state index in [0.29, 0.717) is 18.1 Å². The fourth-order valence-corrected chi connectivity index (χ4v) is 4.10. The van der Waals surface area contributed by atoms with Crippen molar-refractivity contribution in [1.29, 1.82) is 0 Å². The highest BCUT2D eigenvalue weighted by molar-refractivity contribution is 5.28. The number of hydrogen-bond acceptors (Lipinski definition) is 4. The molecular weight excluding hydrogens is 412 g/mol. The number of aryl methyl sites for hydroxylation is 2. The molecule has 33 heavy (non-hydrogen) atoms. The first-order valence-corrected chi connectivity index (χ1v) is 12.9. The minimum Gasteiger partial charge on any atom is -0.493 e. The van der Waals surface area contributed by atoms with Crippen LogP contribution in [-0.2, 0) is 22.3 Å². The molecule has 182 valence electrons. The molecule has 1 aliphatic carbocycles. The van der Waals surface area contributed by atoms with Crippen molar-refractivity contribution in [2.75, 3.05) is 13.2 Å². The van der Waals surface area contributed by atoms with Gasteiger partial charge in [-0.3, -0.25) is 0 Å². The number of ether oxygens (including phenoxy) is 4. The number of benzene rings is 2. The molecule has 0 amide bonds. The van der Waals surface area contributed by atoms with Crippen LogP contribution in [0.4, 0.5) is 0 Å². The van der Waals surface area contributed by atoms with E-state index in [1.165, 1.54) is 30.4 Å². The van der Waals surface area contributed by atoms with Gasteiger partial charge >= 0.3 is 0 Å². The highest BCUT2D eigenvalue weighted by Gasteiger charge is 2.43. The van der Waals surface area contributed by atoms with Crippen molar-refractivity contribution in [2.24, 2.45) is 5.92 Å². The summed E-state index contributed by atoms with van der Waals surface area (Å²) in [5.41, 5.74) is 2.69. The summed E-state index contributed by atoms with van der Waals surface area (Å²) >= 11 is 0. The number of unbranched alkanes of at least 4 members (excludes halogenated alkanes) is 1. The molecular formula is C29H42O4. The summed E-state index contributed by atoms with van der Waals surface area (Å²) in [5, 5.41) is 0. The van der Waals surface area contributed by atoms with Crippen molar-refractivity contribution < 1.29 is 18.9 Å². The van der Waals surface area contributed by atoms with Gasteiger partial charge < -0.3 is 18.9 Å². The third-order valence-corrected chi connectivity index (χ3v) is 6.41. The van der Waals surface area contributed by atoms with Crippen molar-refractivity contribution in [2.45, 2.75) is 91.1 Å². The Morgan fingerprint density at radius 3 is 2.06 bits per heavy atom. The Morgan fingerprint density at radius 1 is 0.848 bits per heavy atom. The molecule has 2 aliphatic rings. The van der Waals surface area contributed by atoms with Crippen LogP contribution in [0.3, 0.4) is 0 Å². The first kappa shape index (κ1) is 25.6. The Hall–Kier alpha value is -2.04. The summed E-state index contributed by atoms with van der Waals surface area (Å²) in [6, 6.07) is 16.6. The SMILES string of the molecule is CCCCOC(C)Oc1ccc(CC)cc1.CCc1ccc(OCC2CCC3OC3C2)cc1. The van der Waals surface area contributed by atoms with Gasteiger partial charge in [-0.05, 0) is 86.8 Å². The van der Waals surface area contributed by atoms with Gasteiger partial charge in [0.15, 0.2) is 6.29 Å². The molecule has 4 unspecified atom stereocenters. The topological polar surface area (TPSA) is 40.2 Å². The van der Waals surface area contributed by atoms with Crippen molar-refractivity contribution in [3.8, 4) is 11.5 Å². The Balaban J connectivity index is 0.000000186. The summed E-state index contributed by atoms with van der Waals surface area (Å²) in [6.07, 6.45) is 9.04. The fourth-order valence-electron chi connectivity index (χ4n) is 4.10. The molecule has 0 aromatic heterocycles. The third kappa shape index (κ3) is 9.02. The summed E-state index contributed by atoms with van der Waals surface area (Å²) < 4.78 is 22.5. The quantitative estimate of drug-likeness (QED) is 0.208. The largest absolute Gasteiger partial charge is 0.493 e. The van der Waals surface area contributed by atoms with Crippen LogP contribution < -0.4 is 9.47 Å². The molecule has 4 heteroatoms. The molecule has 1 heterocycles. The van der Waals surface area contributed by atoms with Gasteiger partial charge in [0.1, 0.15) is 11.5 Å². The van der Waals surface area contributed by atoms with Gasteiger partial charge in [-0.15, -0.1) is 0 Å². The van der Waals surface area contributed by atoms with Crippen LogP contribution >= 0.6 is 0 Å². The van der Waals surface area contributed by atoms with Gasteiger partial charge in [-0.25, -0.2) is 0 Å². The van der Waals surface area contributed by atoms with Crippen LogP contribution in [0.25, 0.3) is 0 Å². The summed E-state index contributed by atoms with van der Waals surface area (Å²) in [7, 11) is 0. The Labute approximate surface area is 200 Å². The monoisotopic (exact) mass is 454 g/mol. The van der Waals surface area contributed by atoms with Crippen LogP contribution in [0.15, 0.2) is 48.5 Å². The molecule has 4 atom stereocenters. The molecule has 1 aliphatic heterocycles. The molecule has 4 nitrogen and oxygen atoms in total. The standard InChI is InChI=1S/C15H20O2.C14H22O2/c1-2-11-3-6-13(7-4-11)16-10-12-5-8-14-15(9-12)17-14;1-4-6-11-15-12(3)16-14-9-7-13(5-2)8-10-14/h3-4,6-7,12,14-15H,2,5,8-10H2,1H3;7-10,12H,4-6,11H2,1-3H3. The highest BCUT2D eigenvalue weighted by Crippen LogP contribution is 2.39. The zero-order chi connectivity index (χ0) is 23.5. The van der Waals surface area contributed by atoms with Gasteiger partial charge in [0.25, 0.3) is 0 Å². The maximum atomic E-state index is 5.86. The van der Waals surface area contributed by atoms with E-state index in [0.717, 1.165) is 50.4 Å². The van der Waals surface area contributed by atoms with E-state index in [1.807, 2.05) is 19.1 Å². The molecule has 2 fully saturated rings. The Morgan fingerprint density at radius 2 is 1.48 bits per heavy atom. The minimum absolute atomic E-state index is 0.168. The summed E-state index contributed by atoms with van der Waals surface area (Å²) in [4.78, 5) is 0. The highest BCUT2D eigenvalue weighted by atomic mass is 16.7. The average Bonchev–Trinajstić information content (AvgIpc) is 3.63. The molecule has 0 spiro atoms. The molecule has 1 saturated heterocycles. The van der Waals surface area contributed by atoms with E-state index in [-0.39, 0.29) is 6.29 Å². The van der Waals surface area contributed by atoms with Gasteiger partial charge in [0.2, 0.25) is 0 Å². The van der Waals surface area contributed by atoms with Gasteiger partial charge in [-0.2, -0.15) is 0 Å². The predicted octanol–water partition coefficient (Wildman–Crippen LogP) is 6.99. The third-order valence-electron chi connectivity index (χ3n) is 6.41. The van der Waals surface area contributed by atoms with Gasteiger partial charge in [-0.1, -0.05) is 51.5 Å². The fraction of sp³-hybridized carbons (Fsp3) is 0.586. The van der Waals surface area contributed by atoms with Crippen molar-refractivity contribution >= 4 is 0 Å². The first-order chi connectivity index (χ1) is 16.1. The second-order valence-corrected chi connectivity index (χ2v) is 9.11. The van der Waals surface area contributed by atoms with E-state index < -0.39 is 0 Å². The maximum absolute atomic E-state index is 5.86. The number of fused-ring (bicyclic) bond motifs is 1. The number of epoxide rings is 1. The maximum Gasteiger partial charge on any atom is 0.196 e. The van der Waals surface area contributed by atoms with Crippen LogP contribution in [-0.4, -0.2) is 31.7 Å². The van der Waals surface area contributed by atoms with Gasteiger partial charge in [0.05, 0.1) is 25.4 Å². The Kier molecular flexibility index (Phi) is 10.6. The van der Waals surface area contributed by atoms with Gasteiger partial charge in [0, 0.05) is 0 Å². The molecule has 2 aromatic carbocycles. The first-order valence-electron chi connectivity index (χ1n) is 12.9. The lowest BCUT2D eigenvalue weighted by Gasteiger charge is -2.19. The molecule has 4 rings (SSSR count). The van der Waals surface area contributed by atoms with Crippen LogP contribution in [0.2, 0.25) is 0 Å². The summed E-state index contributed by atoms with van der Waals surface area (Å²) in [6.45, 7) is 10.0. The zero-order valence-corrected chi connectivity index (χ0v) is 20.9. The lowest BCUT2D eigenvalue weighted by Crippen LogP contribution is -2.19.